The Hall–Kier alpha value is -0.610. The predicted octanol–water partition coefficient (Wildman–Crippen LogP) is 0.623. The fourth-order valence-corrected chi connectivity index (χ4v) is 2.46. The van der Waals surface area contributed by atoms with E-state index < -0.39 is 0 Å². The number of carbonyl (C=O) groups excluding carboxylic acids is 1. The molecule has 0 aliphatic carbocycles. The lowest BCUT2D eigenvalue weighted by Gasteiger charge is -2.30. The van der Waals surface area contributed by atoms with Gasteiger partial charge in [0.25, 0.3) is 5.91 Å². The van der Waals surface area contributed by atoms with Crippen LogP contribution in [0.4, 0.5) is 0 Å². The van der Waals surface area contributed by atoms with Crippen molar-refractivity contribution in [2.24, 2.45) is 5.41 Å². The van der Waals surface area contributed by atoms with Crippen LogP contribution < -0.4 is 5.32 Å². The first kappa shape index (κ1) is 11.9. The van der Waals surface area contributed by atoms with Crippen LogP contribution in [0.3, 0.4) is 0 Å². The van der Waals surface area contributed by atoms with E-state index in [1.54, 1.807) is 0 Å². The van der Waals surface area contributed by atoms with E-state index in [1.165, 1.54) is 0 Å². The number of amides is 1. The summed E-state index contributed by atoms with van der Waals surface area (Å²) in [5.74, 6) is 0.189. The standard InChI is InChI=1S/C12H22N2O2/c1-12(2)8-13-5-6-14(9-12)11(15)10-4-3-7-16-10/h10,13H,3-9H2,1-2H3. The van der Waals surface area contributed by atoms with Crippen molar-refractivity contribution in [1.82, 2.24) is 10.2 Å². The molecule has 2 aliphatic heterocycles. The highest BCUT2D eigenvalue weighted by molar-refractivity contribution is 5.81. The van der Waals surface area contributed by atoms with Crippen molar-refractivity contribution >= 4 is 5.91 Å². The largest absolute Gasteiger partial charge is 0.368 e. The van der Waals surface area contributed by atoms with Gasteiger partial charge in [0.05, 0.1) is 0 Å². The maximum absolute atomic E-state index is 12.2. The normalized spacial score (nSPS) is 30.1. The SMILES string of the molecule is CC1(C)CNCCN(C(=O)C2CCCO2)C1. The van der Waals surface area contributed by atoms with Crippen molar-refractivity contribution in [2.75, 3.05) is 32.8 Å². The van der Waals surface area contributed by atoms with Crippen LogP contribution in [0.15, 0.2) is 0 Å². The van der Waals surface area contributed by atoms with Crippen LogP contribution in [0, 0.1) is 5.41 Å². The molecule has 1 amide bonds. The Kier molecular flexibility index (Phi) is 3.50. The van der Waals surface area contributed by atoms with Gasteiger partial charge in [-0.2, -0.15) is 0 Å². The first-order valence-electron chi connectivity index (χ1n) is 6.20. The molecule has 2 heterocycles. The van der Waals surface area contributed by atoms with Gasteiger partial charge >= 0.3 is 0 Å². The number of hydrogen-bond acceptors (Lipinski definition) is 3. The van der Waals surface area contributed by atoms with E-state index in [9.17, 15) is 4.79 Å². The summed E-state index contributed by atoms with van der Waals surface area (Å²) in [6.07, 6.45) is 1.74. The number of rotatable bonds is 1. The zero-order valence-electron chi connectivity index (χ0n) is 10.3. The predicted molar refractivity (Wildman–Crippen MR) is 62.2 cm³/mol. The van der Waals surface area contributed by atoms with Gasteiger partial charge in [0.15, 0.2) is 0 Å². The quantitative estimate of drug-likeness (QED) is 0.713. The maximum Gasteiger partial charge on any atom is 0.251 e. The zero-order chi connectivity index (χ0) is 11.6. The second kappa shape index (κ2) is 4.72. The van der Waals surface area contributed by atoms with Crippen LogP contribution in [-0.2, 0) is 9.53 Å². The highest BCUT2D eigenvalue weighted by atomic mass is 16.5. The summed E-state index contributed by atoms with van der Waals surface area (Å²) in [5.41, 5.74) is 0.158. The van der Waals surface area contributed by atoms with Crippen molar-refractivity contribution < 1.29 is 9.53 Å². The molecule has 16 heavy (non-hydrogen) atoms. The average molecular weight is 226 g/mol. The molecule has 0 aromatic rings. The summed E-state index contributed by atoms with van der Waals surface area (Å²) in [5, 5.41) is 3.38. The van der Waals surface area contributed by atoms with E-state index in [4.69, 9.17) is 4.74 Å². The van der Waals surface area contributed by atoms with E-state index in [-0.39, 0.29) is 17.4 Å². The monoisotopic (exact) mass is 226 g/mol. The molecule has 0 spiro atoms. The van der Waals surface area contributed by atoms with E-state index in [0.717, 1.165) is 45.6 Å². The molecule has 1 N–H and O–H groups in total. The van der Waals surface area contributed by atoms with Crippen molar-refractivity contribution in [3.8, 4) is 0 Å². The third-order valence-electron chi connectivity index (χ3n) is 3.30. The van der Waals surface area contributed by atoms with Gasteiger partial charge in [-0.3, -0.25) is 4.79 Å². The molecule has 2 saturated heterocycles. The average Bonchev–Trinajstić information content (AvgIpc) is 2.68. The minimum Gasteiger partial charge on any atom is -0.368 e. The van der Waals surface area contributed by atoms with Crippen LogP contribution in [0.25, 0.3) is 0 Å². The second-order valence-electron chi connectivity index (χ2n) is 5.60. The molecule has 2 rings (SSSR count). The first-order valence-corrected chi connectivity index (χ1v) is 6.20. The van der Waals surface area contributed by atoms with Gasteiger partial charge in [-0.05, 0) is 18.3 Å². The Morgan fingerprint density at radius 3 is 3.00 bits per heavy atom. The van der Waals surface area contributed by atoms with Gasteiger partial charge in [-0.1, -0.05) is 13.8 Å². The minimum atomic E-state index is -0.172. The molecular formula is C12H22N2O2. The summed E-state index contributed by atoms with van der Waals surface area (Å²) >= 11 is 0. The second-order valence-corrected chi connectivity index (χ2v) is 5.60. The van der Waals surface area contributed by atoms with Crippen molar-refractivity contribution in [3.63, 3.8) is 0 Å². The van der Waals surface area contributed by atoms with Crippen molar-refractivity contribution in [2.45, 2.75) is 32.8 Å². The summed E-state index contributed by atoms with van der Waals surface area (Å²) in [4.78, 5) is 14.2. The third kappa shape index (κ3) is 2.74. The van der Waals surface area contributed by atoms with Crippen molar-refractivity contribution in [1.29, 1.82) is 0 Å². The Labute approximate surface area is 97.3 Å². The fraction of sp³-hybridized carbons (Fsp3) is 0.917. The van der Waals surface area contributed by atoms with Gasteiger partial charge in [0.1, 0.15) is 6.10 Å². The van der Waals surface area contributed by atoms with Crippen LogP contribution in [-0.4, -0.2) is 49.7 Å². The smallest absolute Gasteiger partial charge is 0.251 e. The summed E-state index contributed by atoms with van der Waals surface area (Å²) < 4.78 is 5.47. The van der Waals surface area contributed by atoms with Crippen molar-refractivity contribution in [3.05, 3.63) is 0 Å². The summed E-state index contributed by atoms with van der Waals surface area (Å²) in [6.45, 7) is 8.64. The molecule has 1 atom stereocenters. The molecule has 2 aliphatic rings. The van der Waals surface area contributed by atoms with Crippen LogP contribution in [0.2, 0.25) is 0 Å². The minimum absolute atomic E-state index is 0.158. The molecule has 2 fully saturated rings. The summed E-state index contributed by atoms with van der Waals surface area (Å²) in [6, 6.07) is 0. The Balaban J connectivity index is 1.98. The number of ether oxygens (including phenoxy) is 1. The van der Waals surface area contributed by atoms with Crippen LogP contribution in [0.1, 0.15) is 26.7 Å². The lowest BCUT2D eigenvalue weighted by atomic mass is 9.93. The number of hydrogen-bond donors (Lipinski definition) is 1. The maximum atomic E-state index is 12.2. The van der Waals surface area contributed by atoms with Gasteiger partial charge in [-0.25, -0.2) is 0 Å². The zero-order valence-corrected chi connectivity index (χ0v) is 10.3. The number of nitrogens with one attached hydrogen (secondary N) is 1. The molecule has 92 valence electrons. The third-order valence-corrected chi connectivity index (χ3v) is 3.30. The molecular weight excluding hydrogens is 204 g/mol. The van der Waals surface area contributed by atoms with E-state index in [1.807, 2.05) is 4.90 Å². The molecule has 0 aromatic carbocycles. The lowest BCUT2D eigenvalue weighted by molar-refractivity contribution is -0.141. The first-order chi connectivity index (χ1) is 7.58. The Morgan fingerprint density at radius 2 is 2.31 bits per heavy atom. The van der Waals surface area contributed by atoms with Gasteiger partial charge in [-0.15, -0.1) is 0 Å². The highest BCUT2D eigenvalue weighted by Gasteiger charge is 2.32. The topological polar surface area (TPSA) is 41.6 Å². The van der Waals surface area contributed by atoms with E-state index >= 15 is 0 Å². The molecule has 1 unspecified atom stereocenters. The molecule has 0 radical (unpaired) electrons. The number of nitrogens with zero attached hydrogens (tertiary/aromatic N) is 1. The summed E-state index contributed by atoms with van der Waals surface area (Å²) in [7, 11) is 0. The highest BCUT2D eigenvalue weighted by Crippen LogP contribution is 2.21. The fourth-order valence-electron chi connectivity index (χ4n) is 2.46. The Morgan fingerprint density at radius 1 is 1.50 bits per heavy atom. The molecule has 4 heteroatoms. The van der Waals surface area contributed by atoms with Gasteiger partial charge in [0, 0.05) is 32.8 Å². The van der Waals surface area contributed by atoms with Gasteiger partial charge < -0.3 is 15.0 Å². The molecule has 0 bridgehead atoms. The molecule has 0 aromatic heterocycles. The van der Waals surface area contributed by atoms with Crippen LogP contribution in [0.5, 0.6) is 0 Å². The van der Waals surface area contributed by atoms with E-state index in [0.29, 0.717) is 0 Å². The lowest BCUT2D eigenvalue weighted by Crippen LogP contribution is -2.44. The van der Waals surface area contributed by atoms with Crippen LogP contribution >= 0.6 is 0 Å². The van der Waals surface area contributed by atoms with Gasteiger partial charge in [0.2, 0.25) is 0 Å². The Bertz CT molecular complexity index is 260. The number of carbonyl (C=O) groups is 1. The molecule has 0 saturated carbocycles. The molecule has 4 nitrogen and oxygen atoms in total. The van der Waals surface area contributed by atoms with E-state index in [2.05, 4.69) is 19.2 Å².